The summed E-state index contributed by atoms with van der Waals surface area (Å²) in [6.07, 6.45) is 4.29. The van der Waals surface area contributed by atoms with E-state index in [1.807, 2.05) is 23.1 Å². The lowest BCUT2D eigenvalue weighted by Crippen LogP contribution is -2.50. The molecule has 2 heterocycles. The van der Waals surface area contributed by atoms with Gasteiger partial charge in [-0.25, -0.2) is 4.68 Å². The van der Waals surface area contributed by atoms with Crippen molar-refractivity contribution < 1.29 is 9.90 Å². The molecule has 6 heteroatoms. The molecular weight excluding hydrogens is 292 g/mol. The summed E-state index contributed by atoms with van der Waals surface area (Å²) in [5, 5.41) is 13.6. The summed E-state index contributed by atoms with van der Waals surface area (Å²) in [5.74, 6) is -0.925. The first kappa shape index (κ1) is 15.7. The number of hydrogen-bond donors (Lipinski definition) is 2. The minimum atomic E-state index is -1.12. The summed E-state index contributed by atoms with van der Waals surface area (Å²) in [4.78, 5) is 13.3. The fourth-order valence-electron chi connectivity index (χ4n) is 2.93. The molecule has 0 amide bonds. The van der Waals surface area contributed by atoms with Crippen molar-refractivity contribution in [1.29, 1.82) is 0 Å². The molecule has 1 atom stereocenters. The normalized spacial score (nSPS) is 21.7. The van der Waals surface area contributed by atoms with Crippen LogP contribution in [0.15, 0.2) is 30.6 Å². The quantitative estimate of drug-likeness (QED) is 0.893. The third-order valence-electron chi connectivity index (χ3n) is 4.60. The summed E-state index contributed by atoms with van der Waals surface area (Å²) in [5.41, 5.74) is 9.36. The van der Waals surface area contributed by atoms with Crippen LogP contribution in [0.25, 0.3) is 5.69 Å². The Morgan fingerprint density at radius 2 is 2.17 bits per heavy atom. The van der Waals surface area contributed by atoms with Gasteiger partial charge >= 0.3 is 5.97 Å². The van der Waals surface area contributed by atoms with E-state index in [9.17, 15) is 9.90 Å². The van der Waals surface area contributed by atoms with E-state index in [1.165, 1.54) is 11.1 Å². The molecule has 0 unspecified atom stereocenters. The second-order valence-electron chi connectivity index (χ2n) is 6.48. The molecule has 1 aliphatic heterocycles. The molecule has 3 N–H and O–H groups in total. The highest BCUT2D eigenvalue weighted by Gasteiger charge is 2.41. The summed E-state index contributed by atoms with van der Waals surface area (Å²) >= 11 is 0. The van der Waals surface area contributed by atoms with Crippen LogP contribution in [0, 0.1) is 13.8 Å². The zero-order chi connectivity index (χ0) is 16.6. The predicted octanol–water partition coefficient (Wildman–Crippen LogP) is 1.48. The van der Waals surface area contributed by atoms with E-state index < -0.39 is 11.5 Å². The van der Waals surface area contributed by atoms with Crippen LogP contribution in [0.1, 0.15) is 23.1 Å². The predicted molar refractivity (Wildman–Crippen MR) is 87.5 cm³/mol. The van der Waals surface area contributed by atoms with E-state index >= 15 is 0 Å². The van der Waals surface area contributed by atoms with Gasteiger partial charge in [0.25, 0.3) is 0 Å². The first-order chi connectivity index (χ1) is 10.9. The summed E-state index contributed by atoms with van der Waals surface area (Å²) < 4.78 is 1.85. The van der Waals surface area contributed by atoms with Crippen molar-refractivity contribution in [2.24, 2.45) is 5.73 Å². The number of aliphatic carboxylic acids is 1. The average molecular weight is 314 g/mol. The molecule has 0 bridgehead atoms. The Morgan fingerprint density at radius 3 is 2.83 bits per heavy atom. The molecule has 6 nitrogen and oxygen atoms in total. The number of likely N-dealkylation sites (tertiary alicyclic amines) is 1. The van der Waals surface area contributed by atoms with Gasteiger partial charge < -0.3 is 10.8 Å². The lowest BCUT2D eigenvalue weighted by Gasteiger charge is -2.19. The highest BCUT2D eigenvalue weighted by atomic mass is 16.4. The van der Waals surface area contributed by atoms with Crippen LogP contribution in [0.2, 0.25) is 0 Å². The van der Waals surface area contributed by atoms with E-state index in [4.69, 9.17) is 5.73 Å². The maximum atomic E-state index is 11.2. The molecule has 0 radical (unpaired) electrons. The van der Waals surface area contributed by atoms with Gasteiger partial charge in [-0.05, 0) is 43.5 Å². The monoisotopic (exact) mass is 314 g/mol. The fraction of sp³-hybridized carbons (Fsp3) is 0.412. The van der Waals surface area contributed by atoms with Gasteiger partial charge in [0, 0.05) is 31.4 Å². The van der Waals surface area contributed by atoms with Gasteiger partial charge in [0.05, 0.1) is 11.9 Å². The smallest absolute Gasteiger partial charge is 0.325 e. The largest absolute Gasteiger partial charge is 0.480 e. The molecule has 23 heavy (non-hydrogen) atoms. The summed E-state index contributed by atoms with van der Waals surface area (Å²) in [6, 6.07) is 6.24. The number of nitrogens with zero attached hydrogens (tertiary/aromatic N) is 3. The zero-order valence-electron chi connectivity index (χ0n) is 13.5. The standard InChI is InChI=1S/C17H22N4O2/c1-12-3-4-15(7-13(12)2)21-10-14(8-19-21)9-20-6-5-17(18,11-20)16(22)23/h3-4,7-8,10H,5-6,9,11,18H2,1-2H3,(H,22,23)/t17-/m0/s1. The van der Waals surface area contributed by atoms with Crippen LogP contribution in [-0.4, -0.2) is 44.4 Å². The molecule has 1 aliphatic rings. The summed E-state index contributed by atoms with van der Waals surface area (Å²) in [7, 11) is 0. The van der Waals surface area contributed by atoms with Crippen molar-refractivity contribution in [1.82, 2.24) is 14.7 Å². The van der Waals surface area contributed by atoms with Crippen LogP contribution in [-0.2, 0) is 11.3 Å². The number of rotatable bonds is 4. The summed E-state index contributed by atoms with van der Waals surface area (Å²) in [6.45, 7) is 5.90. The first-order valence-corrected chi connectivity index (χ1v) is 7.73. The third-order valence-corrected chi connectivity index (χ3v) is 4.60. The number of nitrogens with two attached hydrogens (primary N) is 1. The molecule has 0 spiro atoms. The average Bonchev–Trinajstić information content (AvgIpc) is 3.10. The van der Waals surface area contributed by atoms with Gasteiger partial charge in [-0.2, -0.15) is 5.10 Å². The minimum absolute atomic E-state index is 0.372. The molecule has 1 aromatic heterocycles. The SMILES string of the molecule is Cc1ccc(-n2cc(CN3CC[C@@](N)(C(=O)O)C3)cn2)cc1C. The van der Waals surface area contributed by atoms with E-state index in [2.05, 4.69) is 36.0 Å². The van der Waals surface area contributed by atoms with Crippen molar-refractivity contribution in [3.8, 4) is 5.69 Å². The molecule has 0 aliphatic carbocycles. The van der Waals surface area contributed by atoms with Gasteiger partial charge in [-0.1, -0.05) is 6.07 Å². The molecule has 1 saturated heterocycles. The Kier molecular flexibility index (Phi) is 3.95. The van der Waals surface area contributed by atoms with E-state index in [0.29, 0.717) is 26.1 Å². The van der Waals surface area contributed by atoms with Crippen LogP contribution in [0.4, 0.5) is 0 Å². The fourth-order valence-corrected chi connectivity index (χ4v) is 2.93. The Balaban J connectivity index is 1.71. The molecular formula is C17H22N4O2. The van der Waals surface area contributed by atoms with Gasteiger partial charge in [0.15, 0.2) is 0 Å². The zero-order valence-corrected chi connectivity index (χ0v) is 13.5. The second kappa shape index (κ2) is 5.79. The van der Waals surface area contributed by atoms with Gasteiger partial charge in [0.1, 0.15) is 5.54 Å². The number of aromatic nitrogens is 2. The van der Waals surface area contributed by atoms with Crippen molar-refractivity contribution in [2.45, 2.75) is 32.4 Å². The van der Waals surface area contributed by atoms with Crippen LogP contribution < -0.4 is 5.73 Å². The number of carboxylic acids is 1. The van der Waals surface area contributed by atoms with Crippen LogP contribution in [0.5, 0.6) is 0 Å². The molecule has 3 rings (SSSR count). The van der Waals surface area contributed by atoms with Crippen molar-refractivity contribution in [3.05, 3.63) is 47.3 Å². The highest BCUT2D eigenvalue weighted by Crippen LogP contribution is 2.21. The number of hydrogen-bond acceptors (Lipinski definition) is 4. The number of aryl methyl sites for hydroxylation is 2. The molecule has 1 aromatic carbocycles. The Labute approximate surface area is 135 Å². The van der Waals surface area contributed by atoms with Crippen molar-refractivity contribution >= 4 is 5.97 Å². The maximum absolute atomic E-state index is 11.2. The Morgan fingerprint density at radius 1 is 1.39 bits per heavy atom. The number of carboxylic acid groups (broad SMARTS) is 1. The first-order valence-electron chi connectivity index (χ1n) is 7.73. The van der Waals surface area contributed by atoms with E-state index in [0.717, 1.165) is 11.3 Å². The maximum Gasteiger partial charge on any atom is 0.325 e. The molecule has 0 saturated carbocycles. The third kappa shape index (κ3) is 3.13. The number of benzene rings is 1. The van der Waals surface area contributed by atoms with Gasteiger partial charge in [-0.3, -0.25) is 9.69 Å². The minimum Gasteiger partial charge on any atom is -0.480 e. The van der Waals surface area contributed by atoms with Crippen LogP contribution in [0.3, 0.4) is 0 Å². The topological polar surface area (TPSA) is 84.4 Å². The van der Waals surface area contributed by atoms with E-state index in [-0.39, 0.29) is 0 Å². The molecule has 1 fully saturated rings. The van der Waals surface area contributed by atoms with Crippen molar-refractivity contribution in [3.63, 3.8) is 0 Å². The van der Waals surface area contributed by atoms with Gasteiger partial charge in [-0.15, -0.1) is 0 Å². The molecule has 122 valence electrons. The van der Waals surface area contributed by atoms with Crippen molar-refractivity contribution in [2.75, 3.05) is 13.1 Å². The Hall–Kier alpha value is -2.18. The van der Waals surface area contributed by atoms with Crippen LogP contribution >= 0.6 is 0 Å². The Bertz CT molecular complexity index is 740. The lowest BCUT2D eigenvalue weighted by molar-refractivity contribution is -0.142. The number of carbonyl (C=O) groups is 1. The second-order valence-corrected chi connectivity index (χ2v) is 6.48. The highest BCUT2D eigenvalue weighted by molar-refractivity contribution is 5.79. The lowest BCUT2D eigenvalue weighted by atomic mass is 10.0. The van der Waals surface area contributed by atoms with E-state index in [1.54, 1.807) is 0 Å². The molecule has 2 aromatic rings. The van der Waals surface area contributed by atoms with Gasteiger partial charge in [0.2, 0.25) is 0 Å².